The summed E-state index contributed by atoms with van der Waals surface area (Å²) in [5.74, 6) is -1.39. The standard InChI is InChI=1S/C19H22N4O4/c1-12-16(11-21-17(22-12)15-7-5-4-6-8-15)18(25)23(13(2)19(26)27)10-9-20-14(3)24/h4-8,11,13H,9-10H2,1-3H3,(H,20,24)(H,26,27). The van der Waals surface area contributed by atoms with E-state index in [-0.39, 0.29) is 24.6 Å². The molecule has 1 atom stereocenters. The van der Waals surface area contributed by atoms with Crippen molar-refractivity contribution >= 4 is 17.8 Å². The average molecular weight is 370 g/mol. The SMILES string of the molecule is CC(=O)NCCN(C(=O)c1cnc(-c2ccccc2)nc1C)C(C)C(=O)O. The molecule has 0 radical (unpaired) electrons. The predicted octanol–water partition coefficient (Wildman–Crippen LogP) is 1.50. The van der Waals surface area contributed by atoms with Gasteiger partial charge in [0.15, 0.2) is 5.82 Å². The van der Waals surface area contributed by atoms with Crippen molar-refractivity contribution in [3.63, 3.8) is 0 Å². The van der Waals surface area contributed by atoms with Crippen LogP contribution in [0, 0.1) is 6.92 Å². The fourth-order valence-electron chi connectivity index (χ4n) is 2.51. The van der Waals surface area contributed by atoms with Crippen LogP contribution in [0.15, 0.2) is 36.5 Å². The van der Waals surface area contributed by atoms with Crippen LogP contribution in [-0.2, 0) is 9.59 Å². The number of hydrogen-bond donors (Lipinski definition) is 2. The minimum atomic E-state index is -1.13. The number of carbonyl (C=O) groups is 3. The minimum absolute atomic E-state index is 0.0613. The zero-order valence-electron chi connectivity index (χ0n) is 15.5. The summed E-state index contributed by atoms with van der Waals surface area (Å²) in [7, 11) is 0. The van der Waals surface area contributed by atoms with E-state index in [2.05, 4.69) is 15.3 Å². The number of hydrogen-bond acceptors (Lipinski definition) is 5. The Balaban J connectivity index is 2.28. The maximum absolute atomic E-state index is 12.9. The second-order valence-electron chi connectivity index (χ2n) is 6.05. The Morgan fingerprint density at radius 3 is 2.44 bits per heavy atom. The second-order valence-corrected chi connectivity index (χ2v) is 6.05. The molecular formula is C19H22N4O4. The number of aryl methyl sites for hydroxylation is 1. The summed E-state index contributed by atoms with van der Waals surface area (Å²) < 4.78 is 0. The minimum Gasteiger partial charge on any atom is -0.480 e. The molecule has 0 saturated heterocycles. The highest BCUT2D eigenvalue weighted by molar-refractivity contribution is 5.97. The number of amides is 2. The molecule has 8 nitrogen and oxygen atoms in total. The van der Waals surface area contributed by atoms with E-state index in [9.17, 15) is 19.5 Å². The summed E-state index contributed by atoms with van der Waals surface area (Å²) in [5, 5.41) is 11.9. The summed E-state index contributed by atoms with van der Waals surface area (Å²) in [6.45, 7) is 4.67. The van der Waals surface area contributed by atoms with Crippen molar-refractivity contribution in [3.05, 3.63) is 47.8 Å². The molecule has 0 aliphatic rings. The Hall–Kier alpha value is -3.29. The third kappa shape index (κ3) is 5.10. The lowest BCUT2D eigenvalue weighted by molar-refractivity contribution is -0.141. The number of carbonyl (C=O) groups excluding carboxylic acids is 2. The summed E-state index contributed by atoms with van der Waals surface area (Å²) >= 11 is 0. The fourth-order valence-corrected chi connectivity index (χ4v) is 2.51. The predicted molar refractivity (Wildman–Crippen MR) is 99.0 cm³/mol. The number of aromatic nitrogens is 2. The van der Waals surface area contributed by atoms with Crippen LogP contribution < -0.4 is 5.32 Å². The van der Waals surface area contributed by atoms with Crippen LogP contribution in [0.3, 0.4) is 0 Å². The number of rotatable bonds is 7. The first kappa shape index (κ1) is 20.0. The van der Waals surface area contributed by atoms with Gasteiger partial charge in [-0.3, -0.25) is 9.59 Å². The molecule has 142 valence electrons. The zero-order valence-corrected chi connectivity index (χ0v) is 15.5. The topological polar surface area (TPSA) is 112 Å². The monoisotopic (exact) mass is 370 g/mol. The zero-order chi connectivity index (χ0) is 20.0. The molecule has 2 N–H and O–H groups in total. The molecule has 1 unspecified atom stereocenters. The van der Waals surface area contributed by atoms with Crippen molar-refractivity contribution in [2.75, 3.05) is 13.1 Å². The summed E-state index contributed by atoms with van der Waals surface area (Å²) in [6, 6.07) is 8.29. The van der Waals surface area contributed by atoms with Crippen molar-refractivity contribution in [2.45, 2.75) is 26.8 Å². The van der Waals surface area contributed by atoms with Crippen LogP contribution in [-0.4, -0.2) is 56.9 Å². The third-order valence-corrected chi connectivity index (χ3v) is 4.05. The quantitative estimate of drug-likeness (QED) is 0.764. The number of benzene rings is 1. The van der Waals surface area contributed by atoms with Gasteiger partial charge in [0.05, 0.1) is 11.3 Å². The van der Waals surface area contributed by atoms with Crippen molar-refractivity contribution < 1.29 is 19.5 Å². The molecular weight excluding hydrogens is 348 g/mol. The van der Waals surface area contributed by atoms with Crippen LogP contribution in [0.5, 0.6) is 0 Å². The molecule has 0 spiro atoms. The van der Waals surface area contributed by atoms with Gasteiger partial charge in [-0.15, -0.1) is 0 Å². The number of nitrogens with zero attached hydrogens (tertiary/aromatic N) is 3. The van der Waals surface area contributed by atoms with Crippen LogP contribution >= 0.6 is 0 Å². The van der Waals surface area contributed by atoms with Gasteiger partial charge in [-0.05, 0) is 13.8 Å². The average Bonchev–Trinajstić information content (AvgIpc) is 2.64. The smallest absolute Gasteiger partial charge is 0.326 e. The number of nitrogens with one attached hydrogen (secondary N) is 1. The molecule has 0 fully saturated rings. The molecule has 2 aromatic rings. The van der Waals surface area contributed by atoms with Crippen molar-refractivity contribution in [3.8, 4) is 11.4 Å². The first-order valence-electron chi connectivity index (χ1n) is 8.48. The molecule has 2 rings (SSSR count). The van der Waals surface area contributed by atoms with E-state index in [0.29, 0.717) is 11.5 Å². The molecule has 0 aliphatic carbocycles. The lowest BCUT2D eigenvalue weighted by Gasteiger charge is -2.27. The van der Waals surface area contributed by atoms with E-state index in [1.54, 1.807) is 6.92 Å². The highest BCUT2D eigenvalue weighted by Crippen LogP contribution is 2.17. The van der Waals surface area contributed by atoms with E-state index in [1.165, 1.54) is 24.9 Å². The van der Waals surface area contributed by atoms with E-state index >= 15 is 0 Å². The summed E-state index contributed by atoms with van der Waals surface area (Å²) in [5.41, 5.74) is 1.50. The molecule has 1 heterocycles. The van der Waals surface area contributed by atoms with Crippen LogP contribution in [0.25, 0.3) is 11.4 Å². The van der Waals surface area contributed by atoms with Gasteiger partial charge in [0.2, 0.25) is 5.91 Å². The van der Waals surface area contributed by atoms with Crippen molar-refractivity contribution in [2.24, 2.45) is 0 Å². The van der Waals surface area contributed by atoms with Gasteiger partial charge in [0, 0.05) is 31.8 Å². The highest BCUT2D eigenvalue weighted by Gasteiger charge is 2.28. The molecule has 0 bridgehead atoms. The molecule has 0 aliphatic heterocycles. The van der Waals surface area contributed by atoms with Crippen LogP contribution in [0.4, 0.5) is 0 Å². The Morgan fingerprint density at radius 2 is 1.89 bits per heavy atom. The van der Waals surface area contributed by atoms with Gasteiger partial charge in [-0.25, -0.2) is 14.8 Å². The molecule has 1 aromatic heterocycles. The van der Waals surface area contributed by atoms with E-state index in [4.69, 9.17) is 0 Å². The van der Waals surface area contributed by atoms with E-state index < -0.39 is 17.9 Å². The van der Waals surface area contributed by atoms with Gasteiger partial charge in [-0.2, -0.15) is 0 Å². The lowest BCUT2D eigenvalue weighted by Crippen LogP contribution is -2.47. The van der Waals surface area contributed by atoms with Crippen molar-refractivity contribution in [1.29, 1.82) is 0 Å². The maximum Gasteiger partial charge on any atom is 0.326 e. The first-order chi connectivity index (χ1) is 12.8. The number of aliphatic carboxylic acids is 1. The number of carboxylic acid groups (broad SMARTS) is 1. The molecule has 0 saturated carbocycles. The molecule has 2 amide bonds. The van der Waals surface area contributed by atoms with Gasteiger partial charge in [-0.1, -0.05) is 30.3 Å². The van der Waals surface area contributed by atoms with Gasteiger partial charge >= 0.3 is 5.97 Å². The lowest BCUT2D eigenvalue weighted by atomic mass is 10.1. The highest BCUT2D eigenvalue weighted by atomic mass is 16.4. The van der Waals surface area contributed by atoms with Gasteiger partial charge < -0.3 is 15.3 Å². The normalized spacial score (nSPS) is 11.5. The van der Waals surface area contributed by atoms with Crippen LogP contribution in [0.1, 0.15) is 29.9 Å². The first-order valence-corrected chi connectivity index (χ1v) is 8.48. The van der Waals surface area contributed by atoms with Gasteiger partial charge in [0.25, 0.3) is 5.91 Å². The Bertz CT molecular complexity index is 839. The number of carboxylic acids is 1. The van der Waals surface area contributed by atoms with E-state index in [0.717, 1.165) is 5.56 Å². The Labute approximate surface area is 157 Å². The molecule has 27 heavy (non-hydrogen) atoms. The fraction of sp³-hybridized carbons (Fsp3) is 0.316. The Morgan fingerprint density at radius 1 is 1.22 bits per heavy atom. The summed E-state index contributed by atoms with van der Waals surface area (Å²) in [6.07, 6.45) is 1.41. The Kier molecular flexibility index (Phi) is 6.59. The third-order valence-electron chi connectivity index (χ3n) is 4.05. The van der Waals surface area contributed by atoms with Crippen LogP contribution in [0.2, 0.25) is 0 Å². The van der Waals surface area contributed by atoms with E-state index in [1.807, 2.05) is 30.3 Å². The summed E-state index contributed by atoms with van der Waals surface area (Å²) in [4.78, 5) is 45.2. The maximum atomic E-state index is 12.9. The largest absolute Gasteiger partial charge is 0.480 e. The molecule has 1 aromatic carbocycles. The van der Waals surface area contributed by atoms with Crippen molar-refractivity contribution in [1.82, 2.24) is 20.2 Å². The molecule has 8 heteroatoms. The second kappa shape index (κ2) is 8.88. The van der Waals surface area contributed by atoms with Gasteiger partial charge in [0.1, 0.15) is 6.04 Å².